The summed E-state index contributed by atoms with van der Waals surface area (Å²) in [7, 11) is -3.51. The molecule has 0 amide bonds. The lowest BCUT2D eigenvalue weighted by molar-refractivity contribution is 0.563. The zero-order chi connectivity index (χ0) is 11.5. The maximum absolute atomic E-state index is 12.1. The predicted octanol–water partition coefficient (Wildman–Crippen LogP) is 0.242. The van der Waals surface area contributed by atoms with E-state index in [9.17, 15) is 18.0 Å². The van der Waals surface area contributed by atoms with Gasteiger partial charge in [0.2, 0.25) is 0 Å². The SMILES string of the molecule is CC1(S(=O)(=O)C2(C)CC2=C=O)CC1=C=O. The summed E-state index contributed by atoms with van der Waals surface area (Å²) in [4.78, 5) is 20.8. The van der Waals surface area contributed by atoms with Gasteiger partial charge in [0.05, 0.1) is 0 Å². The number of rotatable bonds is 2. The molecule has 2 atom stereocenters. The van der Waals surface area contributed by atoms with Crippen LogP contribution in [0.15, 0.2) is 11.1 Å². The molecule has 0 heterocycles. The van der Waals surface area contributed by atoms with Gasteiger partial charge in [0.25, 0.3) is 0 Å². The van der Waals surface area contributed by atoms with Crippen LogP contribution in [0.25, 0.3) is 0 Å². The Labute approximate surface area is 87.6 Å². The van der Waals surface area contributed by atoms with E-state index in [1.54, 1.807) is 11.9 Å². The van der Waals surface area contributed by atoms with E-state index in [2.05, 4.69) is 0 Å². The first-order valence-electron chi connectivity index (χ1n) is 4.56. The van der Waals surface area contributed by atoms with E-state index in [0.29, 0.717) is 0 Å². The van der Waals surface area contributed by atoms with Crippen molar-refractivity contribution in [1.29, 1.82) is 0 Å². The van der Waals surface area contributed by atoms with Crippen molar-refractivity contribution in [3.05, 3.63) is 11.1 Å². The van der Waals surface area contributed by atoms with Crippen LogP contribution in [0, 0.1) is 0 Å². The van der Waals surface area contributed by atoms with Crippen LogP contribution in [0.5, 0.6) is 0 Å². The monoisotopic (exact) mass is 226 g/mol. The second-order valence-corrected chi connectivity index (χ2v) is 7.29. The Morgan fingerprint density at radius 3 is 1.53 bits per heavy atom. The Kier molecular flexibility index (Phi) is 1.73. The highest BCUT2D eigenvalue weighted by Crippen LogP contribution is 2.59. The number of carbonyl (C=O) groups excluding carboxylic acids is 2. The average Bonchev–Trinajstić information content (AvgIpc) is 3.03. The molecule has 2 rings (SSSR count). The minimum absolute atomic E-state index is 0.237. The summed E-state index contributed by atoms with van der Waals surface area (Å²) in [6, 6.07) is 0. The third-order valence-corrected chi connectivity index (χ3v) is 6.64. The van der Waals surface area contributed by atoms with Crippen molar-refractivity contribution in [2.75, 3.05) is 0 Å². The molecule has 2 aliphatic carbocycles. The van der Waals surface area contributed by atoms with Gasteiger partial charge in [0.1, 0.15) is 21.4 Å². The normalized spacial score (nSPS) is 38.3. The lowest BCUT2D eigenvalue weighted by Gasteiger charge is -2.14. The van der Waals surface area contributed by atoms with Gasteiger partial charge in [0, 0.05) is 24.0 Å². The lowest BCUT2D eigenvalue weighted by atomic mass is 10.4. The van der Waals surface area contributed by atoms with Crippen LogP contribution >= 0.6 is 0 Å². The van der Waals surface area contributed by atoms with Crippen molar-refractivity contribution in [2.45, 2.75) is 36.2 Å². The van der Waals surface area contributed by atoms with Crippen molar-refractivity contribution < 1.29 is 18.0 Å². The van der Waals surface area contributed by atoms with Crippen molar-refractivity contribution in [1.82, 2.24) is 0 Å². The molecule has 0 aromatic carbocycles. The van der Waals surface area contributed by atoms with Gasteiger partial charge >= 0.3 is 0 Å². The van der Waals surface area contributed by atoms with Crippen molar-refractivity contribution in [2.24, 2.45) is 0 Å². The summed E-state index contributed by atoms with van der Waals surface area (Å²) < 4.78 is 22.1. The molecular formula is C10H10O4S. The highest BCUT2D eigenvalue weighted by atomic mass is 32.2. The van der Waals surface area contributed by atoms with Crippen LogP contribution in [-0.4, -0.2) is 29.8 Å². The fraction of sp³-hybridized carbons (Fsp3) is 0.600. The fourth-order valence-electron chi connectivity index (χ4n) is 1.89. The summed E-state index contributed by atoms with van der Waals surface area (Å²) in [5, 5.41) is 0. The Morgan fingerprint density at radius 1 is 1.00 bits per heavy atom. The van der Waals surface area contributed by atoms with E-state index in [1.807, 2.05) is 0 Å². The van der Waals surface area contributed by atoms with Gasteiger partial charge in [-0.05, 0) is 13.8 Å². The Morgan fingerprint density at radius 2 is 1.33 bits per heavy atom. The number of hydrogen-bond acceptors (Lipinski definition) is 4. The highest BCUT2D eigenvalue weighted by molar-refractivity contribution is 7.95. The Balaban J connectivity index is 2.49. The fourth-order valence-corrected chi connectivity index (χ4v) is 4.28. The summed E-state index contributed by atoms with van der Waals surface area (Å²) >= 11 is 0. The number of hydrogen-bond donors (Lipinski definition) is 0. The first-order chi connectivity index (χ1) is 6.83. The van der Waals surface area contributed by atoms with Crippen LogP contribution < -0.4 is 0 Å². The van der Waals surface area contributed by atoms with Crippen LogP contribution in [-0.2, 0) is 19.4 Å². The third-order valence-electron chi connectivity index (χ3n) is 3.49. The standard InChI is InChI=1S/C10H10O4S/c1-9(3-7(9)5-11)15(13,14)10(2)4-8(10)6-12/h3-4H2,1-2H3. The molecule has 0 aromatic rings. The maximum atomic E-state index is 12.1. The summed E-state index contributed by atoms with van der Waals surface area (Å²) in [5.74, 6) is 3.30. The molecule has 0 saturated heterocycles. The summed E-state index contributed by atoms with van der Waals surface area (Å²) in [5.41, 5.74) is 0.557. The van der Waals surface area contributed by atoms with Gasteiger partial charge in [-0.1, -0.05) is 0 Å². The van der Waals surface area contributed by atoms with Gasteiger partial charge in [-0.2, -0.15) is 0 Å². The van der Waals surface area contributed by atoms with Crippen LogP contribution in [0.2, 0.25) is 0 Å². The molecule has 0 aromatic heterocycles. The summed E-state index contributed by atoms with van der Waals surface area (Å²) in [6.45, 7) is 3.02. The van der Waals surface area contributed by atoms with Crippen molar-refractivity contribution in [3.63, 3.8) is 0 Å². The van der Waals surface area contributed by atoms with Gasteiger partial charge in [-0.25, -0.2) is 18.0 Å². The summed E-state index contributed by atoms with van der Waals surface area (Å²) in [6.07, 6.45) is 0.473. The first-order valence-corrected chi connectivity index (χ1v) is 6.05. The quantitative estimate of drug-likeness (QED) is 0.632. The molecule has 0 aliphatic heterocycles. The molecule has 0 N–H and O–H groups in total. The highest BCUT2D eigenvalue weighted by Gasteiger charge is 2.69. The Bertz CT molecular complexity index is 502. The third kappa shape index (κ3) is 1.00. The van der Waals surface area contributed by atoms with Crippen LogP contribution in [0.3, 0.4) is 0 Å². The lowest BCUT2D eigenvalue weighted by Crippen LogP contribution is -2.32. The van der Waals surface area contributed by atoms with E-state index >= 15 is 0 Å². The van der Waals surface area contributed by atoms with Gasteiger partial charge in [-0.3, -0.25) is 0 Å². The zero-order valence-corrected chi connectivity index (χ0v) is 9.27. The molecule has 4 nitrogen and oxygen atoms in total. The van der Waals surface area contributed by atoms with E-state index in [1.165, 1.54) is 13.8 Å². The minimum Gasteiger partial charge on any atom is -0.233 e. The molecule has 0 spiro atoms. The molecule has 5 heteroatoms. The molecule has 0 radical (unpaired) electrons. The van der Waals surface area contributed by atoms with Crippen molar-refractivity contribution in [3.8, 4) is 0 Å². The molecule has 2 unspecified atom stereocenters. The topological polar surface area (TPSA) is 68.3 Å². The molecule has 0 bridgehead atoms. The second-order valence-electron chi connectivity index (χ2n) is 4.48. The number of sulfone groups is 1. The second kappa shape index (κ2) is 2.50. The maximum Gasteiger partial charge on any atom is 0.170 e. The predicted molar refractivity (Wildman–Crippen MR) is 53.4 cm³/mol. The molecule has 80 valence electrons. The van der Waals surface area contributed by atoms with E-state index < -0.39 is 19.3 Å². The van der Waals surface area contributed by atoms with Crippen molar-refractivity contribution >= 4 is 21.7 Å². The van der Waals surface area contributed by atoms with E-state index in [4.69, 9.17) is 0 Å². The molecule has 2 saturated carbocycles. The Hall–Kier alpha value is -1.15. The average molecular weight is 226 g/mol. The van der Waals surface area contributed by atoms with Gasteiger partial charge < -0.3 is 0 Å². The molecule has 2 aliphatic rings. The first kappa shape index (κ1) is 10.4. The molecule has 15 heavy (non-hydrogen) atoms. The minimum atomic E-state index is -3.51. The zero-order valence-electron chi connectivity index (χ0n) is 8.46. The van der Waals surface area contributed by atoms with E-state index in [-0.39, 0.29) is 24.0 Å². The van der Waals surface area contributed by atoms with Gasteiger partial charge in [0.15, 0.2) is 9.84 Å². The van der Waals surface area contributed by atoms with Gasteiger partial charge in [-0.15, -0.1) is 0 Å². The smallest absolute Gasteiger partial charge is 0.170 e. The molecule has 2 fully saturated rings. The largest absolute Gasteiger partial charge is 0.233 e. The van der Waals surface area contributed by atoms with Crippen LogP contribution in [0.1, 0.15) is 26.7 Å². The molecular weight excluding hydrogens is 216 g/mol. The van der Waals surface area contributed by atoms with E-state index in [0.717, 1.165) is 0 Å². The van der Waals surface area contributed by atoms with Crippen LogP contribution in [0.4, 0.5) is 0 Å².